The Morgan fingerprint density at radius 1 is 1.25 bits per heavy atom. The van der Waals surface area contributed by atoms with Gasteiger partial charge in [-0.3, -0.25) is 14.4 Å². The molecule has 0 atom stereocenters. The van der Waals surface area contributed by atoms with Crippen molar-refractivity contribution in [2.24, 2.45) is 0 Å². The molecule has 8 heteroatoms. The lowest BCUT2D eigenvalue weighted by Gasteiger charge is -2.24. The lowest BCUT2D eigenvalue weighted by atomic mass is 10.2. The van der Waals surface area contributed by atoms with Gasteiger partial charge in [-0.05, 0) is 25.1 Å². The van der Waals surface area contributed by atoms with Gasteiger partial charge in [0.2, 0.25) is 0 Å². The molecule has 0 spiro atoms. The summed E-state index contributed by atoms with van der Waals surface area (Å²) in [5.74, 6) is 0. The van der Waals surface area contributed by atoms with E-state index < -0.39 is 14.9 Å². The zero-order valence-electron chi connectivity index (χ0n) is 12.8. The van der Waals surface area contributed by atoms with E-state index in [0.29, 0.717) is 0 Å². The molecule has 0 fully saturated rings. The summed E-state index contributed by atoms with van der Waals surface area (Å²) in [6.07, 6.45) is 1.39. The average Bonchev–Trinajstić information content (AvgIpc) is 2.53. The molecule has 0 amide bonds. The molecular formula is C16H15ClN2O4S. The summed E-state index contributed by atoms with van der Waals surface area (Å²) in [4.78, 5) is 10.4. The number of anilines is 1. The van der Waals surface area contributed by atoms with Gasteiger partial charge in [-0.25, -0.2) is 8.42 Å². The van der Waals surface area contributed by atoms with Gasteiger partial charge in [0.25, 0.3) is 15.7 Å². The Morgan fingerprint density at radius 2 is 1.88 bits per heavy atom. The number of sulfonamides is 1. The van der Waals surface area contributed by atoms with Crippen molar-refractivity contribution in [1.82, 2.24) is 0 Å². The number of non-ortho nitro benzene ring substituents is 1. The highest BCUT2D eigenvalue weighted by atomic mass is 35.5. The van der Waals surface area contributed by atoms with Gasteiger partial charge in [-0.15, -0.1) is 6.58 Å². The average molecular weight is 367 g/mol. The van der Waals surface area contributed by atoms with Gasteiger partial charge >= 0.3 is 0 Å². The van der Waals surface area contributed by atoms with E-state index >= 15 is 0 Å². The molecule has 0 N–H and O–H groups in total. The minimum absolute atomic E-state index is 0.0336. The van der Waals surface area contributed by atoms with Gasteiger partial charge in [0.05, 0.1) is 27.1 Å². The quantitative estimate of drug-likeness (QED) is 0.440. The fourth-order valence-electron chi connectivity index (χ4n) is 2.09. The second kappa shape index (κ2) is 7.02. The molecule has 0 aromatic heterocycles. The summed E-state index contributed by atoms with van der Waals surface area (Å²) in [7, 11) is -3.94. The maximum atomic E-state index is 12.9. The van der Waals surface area contributed by atoms with Gasteiger partial charge in [0.15, 0.2) is 0 Å². The predicted molar refractivity (Wildman–Crippen MR) is 94.0 cm³/mol. The van der Waals surface area contributed by atoms with Crippen LogP contribution in [0.4, 0.5) is 11.4 Å². The van der Waals surface area contributed by atoms with Crippen molar-refractivity contribution in [3.05, 3.63) is 75.8 Å². The number of benzene rings is 2. The zero-order valence-corrected chi connectivity index (χ0v) is 14.4. The highest BCUT2D eigenvalue weighted by Crippen LogP contribution is 2.33. The summed E-state index contributed by atoms with van der Waals surface area (Å²) >= 11 is 6.09. The summed E-state index contributed by atoms with van der Waals surface area (Å²) in [6.45, 7) is 5.32. The highest BCUT2D eigenvalue weighted by Gasteiger charge is 2.27. The molecule has 0 unspecified atom stereocenters. The van der Waals surface area contributed by atoms with Crippen LogP contribution >= 0.6 is 11.6 Å². The van der Waals surface area contributed by atoms with Gasteiger partial charge in [-0.2, -0.15) is 0 Å². The van der Waals surface area contributed by atoms with Crippen LogP contribution in [0.1, 0.15) is 5.56 Å². The minimum Gasteiger partial charge on any atom is -0.261 e. The number of aryl methyl sites for hydroxylation is 1. The predicted octanol–water partition coefficient (Wildman–Crippen LogP) is 3.94. The number of rotatable bonds is 6. The Balaban J connectivity index is 2.61. The molecule has 2 aromatic carbocycles. The Hall–Kier alpha value is -2.38. The van der Waals surface area contributed by atoms with Crippen molar-refractivity contribution < 1.29 is 13.3 Å². The standard InChI is InChI=1S/C16H15ClN2O4S/c1-3-10-18(16-11-13(19(20)21)6-9-15(16)17)24(22,23)14-7-4-12(2)5-8-14/h3-9,11H,1,10H2,2H3. The zero-order chi connectivity index (χ0) is 17.9. The third-order valence-corrected chi connectivity index (χ3v) is 5.43. The monoisotopic (exact) mass is 366 g/mol. The molecule has 0 aliphatic carbocycles. The molecule has 0 radical (unpaired) electrons. The summed E-state index contributed by atoms with van der Waals surface area (Å²) in [5, 5.41) is 11.1. The van der Waals surface area contributed by atoms with Gasteiger partial charge in [0, 0.05) is 12.1 Å². The lowest BCUT2D eigenvalue weighted by Crippen LogP contribution is -2.31. The van der Waals surface area contributed by atoms with E-state index in [2.05, 4.69) is 6.58 Å². The molecule has 6 nitrogen and oxygen atoms in total. The molecule has 0 saturated heterocycles. The van der Waals surface area contributed by atoms with Crippen molar-refractivity contribution in [1.29, 1.82) is 0 Å². The van der Waals surface area contributed by atoms with Gasteiger partial charge in [0.1, 0.15) is 0 Å². The number of nitro benzene ring substituents is 1. The largest absolute Gasteiger partial charge is 0.271 e. The lowest BCUT2D eigenvalue weighted by molar-refractivity contribution is -0.384. The van der Waals surface area contributed by atoms with E-state index in [0.717, 1.165) is 15.9 Å². The first kappa shape index (κ1) is 18.0. The van der Waals surface area contributed by atoms with Crippen molar-refractivity contribution >= 4 is 33.0 Å². The molecular weight excluding hydrogens is 352 g/mol. The molecule has 0 heterocycles. The van der Waals surface area contributed by atoms with Crippen LogP contribution in [0.25, 0.3) is 0 Å². The van der Waals surface area contributed by atoms with Crippen LogP contribution in [0.2, 0.25) is 5.02 Å². The number of hydrogen-bond acceptors (Lipinski definition) is 4. The van der Waals surface area contributed by atoms with Gasteiger partial charge in [-0.1, -0.05) is 35.4 Å². The Kier molecular flexibility index (Phi) is 5.26. The van der Waals surface area contributed by atoms with E-state index in [-0.39, 0.29) is 27.8 Å². The topological polar surface area (TPSA) is 80.5 Å². The molecule has 0 saturated carbocycles. The van der Waals surface area contributed by atoms with Crippen LogP contribution in [0.3, 0.4) is 0 Å². The fourth-order valence-corrected chi connectivity index (χ4v) is 3.80. The number of halogens is 1. The van der Waals surface area contributed by atoms with Crippen molar-refractivity contribution in [2.75, 3.05) is 10.8 Å². The van der Waals surface area contributed by atoms with Gasteiger partial charge < -0.3 is 0 Å². The molecule has 0 aliphatic rings. The molecule has 0 aliphatic heterocycles. The number of nitrogens with zero attached hydrogens (tertiary/aromatic N) is 2. The smallest absolute Gasteiger partial charge is 0.261 e. The second-order valence-corrected chi connectivity index (χ2v) is 7.30. The highest BCUT2D eigenvalue weighted by molar-refractivity contribution is 7.92. The van der Waals surface area contributed by atoms with Crippen LogP contribution in [0.15, 0.2) is 60.0 Å². The molecule has 0 bridgehead atoms. The van der Waals surface area contributed by atoms with E-state index in [1.54, 1.807) is 12.1 Å². The van der Waals surface area contributed by atoms with Crippen molar-refractivity contribution in [3.8, 4) is 0 Å². The van der Waals surface area contributed by atoms with Crippen LogP contribution < -0.4 is 4.31 Å². The van der Waals surface area contributed by atoms with E-state index in [1.807, 2.05) is 6.92 Å². The van der Waals surface area contributed by atoms with Crippen LogP contribution in [0.5, 0.6) is 0 Å². The van der Waals surface area contributed by atoms with Crippen LogP contribution in [-0.2, 0) is 10.0 Å². The molecule has 2 rings (SSSR count). The van der Waals surface area contributed by atoms with E-state index in [4.69, 9.17) is 11.6 Å². The third kappa shape index (κ3) is 3.58. The maximum Gasteiger partial charge on any atom is 0.271 e. The van der Waals surface area contributed by atoms with Crippen molar-refractivity contribution in [3.63, 3.8) is 0 Å². The Labute approximate surface area is 145 Å². The third-order valence-electron chi connectivity index (χ3n) is 3.31. The van der Waals surface area contributed by atoms with E-state index in [9.17, 15) is 18.5 Å². The van der Waals surface area contributed by atoms with Crippen molar-refractivity contribution in [2.45, 2.75) is 11.8 Å². The summed E-state index contributed by atoms with van der Waals surface area (Å²) in [6, 6.07) is 9.96. The SMILES string of the molecule is C=CCN(c1cc([N+](=O)[O-])ccc1Cl)S(=O)(=O)c1ccc(C)cc1. The molecule has 24 heavy (non-hydrogen) atoms. The first-order chi connectivity index (χ1) is 11.3. The Morgan fingerprint density at radius 3 is 2.42 bits per heavy atom. The van der Waals surface area contributed by atoms with Crippen LogP contribution in [0, 0.1) is 17.0 Å². The summed E-state index contributed by atoms with van der Waals surface area (Å²) < 4.78 is 26.8. The first-order valence-electron chi connectivity index (χ1n) is 6.91. The molecule has 126 valence electrons. The molecule has 2 aromatic rings. The Bertz CT molecular complexity index is 879. The summed E-state index contributed by atoms with van der Waals surface area (Å²) in [5.41, 5.74) is 0.700. The van der Waals surface area contributed by atoms with E-state index in [1.165, 1.54) is 30.3 Å². The van der Waals surface area contributed by atoms with Crippen LogP contribution in [-0.4, -0.2) is 19.9 Å². The number of nitro groups is 1. The fraction of sp³-hybridized carbons (Fsp3) is 0.125. The maximum absolute atomic E-state index is 12.9. The minimum atomic E-state index is -3.94. The second-order valence-electron chi connectivity index (χ2n) is 5.03. The number of hydrogen-bond donors (Lipinski definition) is 0. The first-order valence-corrected chi connectivity index (χ1v) is 8.73. The normalized spacial score (nSPS) is 11.1.